The van der Waals surface area contributed by atoms with Gasteiger partial charge in [0.05, 0.1) is 11.7 Å². The first-order valence-electron chi connectivity index (χ1n) is 8.01. The van der Waals surface area contributed by atoms with Gasteiger partial charge in [-0.15, -0.1) is 0 Å². The number of rotatable bonds is 3. The Morgan fingerprint density at radius 1 is 1.22 bits per heavy atom. The van der Waals surface area contributed by atoms with Crippen molar-refractivity contribution in [2.75, 3.05) is 0 Å². The minimum atomic E-state index is -0.156. The summed E-state index contributed by atoms with van der Waals surface area (Å²) in [6, 6.07) is 7.77. The second-order valence-electron chi connectivity index (χ2n) is 6.06. The van der Waals surface area contributed by atoms with Crippen LogP contribution in [-0.2, 0) is 0 Å². The summed E-state index contributed by atoms with van der Waals surface area (Å²) in [5.74, 6) is 0.429. The van der Waals surface area contributed by atoms with Crippen molar-refractivity contribution in [3.63, 3.8) is 0 Å². The van der Waals surface area contributed by atoms with Crippen LogP contribution in [0.3, 0.4) is 0 Å². The zero-order valence-electron chi connectivity index (χ0n) is 12.7. The number of H-pyrrole nitrogens is 1. The van der Waals surface area contributed by atoms with E-state index in [-0.39, 0.29) is 11.9 Å². The topological polar surface area (TPSA) is 83.8 Å². The Balaban J connectivity index is 1.52. The van der Waals surface area contributed by atoms with Crippen molar-refractivity contribution in [1.82, 2.24) is 20.7 Å². The third-order valence-corrected chi connectivity index (χ3v) is 4.41. The van der Waals surface area contributed by atoms with Gasteiger partial charge in [-0.25, -0.2) is 0 Å². The molecule has 0 atom stereocenters. The molecule has 2 N–H and O–H groups in total. The number of aromatic nitrogens is 3. The highest BCUT2D eigenvalue weighted by Gasteiger charge is 2.19. The third kappa shape index (κ3) is 2.84. The Morgan fingerprint density at radius 3 is 2.96 bits per heavy atom. The predicted molar refractivity (Wildman–Crippen MR) is 85.9 cm³/mol. The average Bonchev–Trinajstić information content (AvgIpc) is 3.24. The highest BCUT2D eigenvalue weighted by atomic mass is 16.5. The van der Waals surface area contributed by atoms with Crippen LogP contribution in [-0.4, -0.2) is 27.3 Å². The molecule has 4 rings (SSSR count). The maximum absolute atomic E-state index is 12.3. The lowest BCUT2D eigenvalue weighted by atomic mass is 9.95. The van der Waals surface area contributed by atoms with E-state index in [4.69, 9.17) is 4.52 Å². The number of benzene rings is 1. The zero-order valence-corrected chi connectivity index (χ0v) is 12.7. The van der Waals surface area contributed by atoms with Gasteiger partial charge in [0.2, 0.25) is 0 Å². The molecule has 0 unspecified atom stereocenters. The molecule has 0 bridgehead atoms. The van der Waals surface area contributed by atoms with Gasteiger partial charge in [-0.05, 0) is 31.0 Å². The minimum Gasteiger partial charge on any atom is -0.355 e. The van der Waals surface area contributed by atoms with E-state index in [1.807, 2.05) is 18.2 Å². The molecular formula is C17H18N4O2. The highest BCUT2D eigenvalue weighted by molar-refractivity contribution is 5.93. The Labute approximate surface area is 133 Å². The number of nitrogens with zero attached hydrogens (tertiary/aromatic N) is 2. The van der Waals surface area contributed by atoms with Crippen LogP contribution >= 0.6 is 0 Å². The lowest BCUT2D eigenvalue weighted by Gasteiger charge is -2.22. The standard InChI is InChI=1S/C17H18N4O2/c22-17(19-13-4-2-1-3-5-13)15-9-16(23-21-15)11-6-7-14-12(8-11)10-18-20-14/h6-10,13H,1-5H2,(H,18,20)(H,19,22). The SMILES string of the molecule is O=C(NC1CCCCC1)c1cc(-c2ccc3[nH]ncc3c2)on1. The van der Waals surface area contributed by atoms with E-state index >= 15 is 0 Å². The third-order valence-electron chi connectivity index (χ3n) is 4.41. The molecule has 1 aliphatic carbocycles. The number of carbonyl (C=O) groups excluding carboxylic acids is 1. The van der Waals surface area contributed by atoms with Crippen LogP contribution in [0.4, 0.5) is 0 Å². The second kappa shape index (κ2) is 5.87. The monoisotopic (exact) mass is 310 g/mol. The van der Waals surface area contributed by atoms with E-state index in [0.717, 1.165) is 29.3 Å². The number of amides is 1. The van der Waals surface area contributed by atoms with Crippen molar-refractivity contribution in [3.05, 3.63) is 36.2 Å². The molecule has 1 aromatic carbocycles. The Bertz CT molecular complexity index is 830. The van der Waals surface area contributed by atoms with Gasteiger partial charge in [0.25, 0.3) is 5.91 Å². The Hall–Kier alpha value is -2.63. The lowest BCUT2D eigenvalue weighted by Crippen LogP contribution is -2.36. The summed E-state index contributed by atoms with van der Waals surface area (Å²) in [5.41, 5.74) is 2.17. The molecule has 1 saturated carbocycles. The predicted octanol–water partition coefficient (Wildman–Crippen LogP) is 3.28. The summed E-state index contributed by atoms with van der Waals surface area (Å²) in [6.45, 7) is 0. The average molecular weight is 310 g/mol. The number of aromatic amines is 1. The van der Waals surface area contributed by atoms with Gasteiger partial charge in [0.15, 0.2) is 11.5 Å². The maximum atomic E-state index is 12.3. The fourth-order valence-electron chi connectivity index (χ4n) is 3.12. The van der Waals surface area contributed by atoms with E-state index in [2.05, 4.69) is 20.7 Å². The summed E-state index contributed by atoms with van der Waals surface area (Å²) in [4.78, 5) is 12.3. The molecule has 1 fully saturated rings. The van der Waals surface area contributed by atoms with Gasteiger partial charge in [-0.2, -0.15) is 5.10 Å². The van der Waals surface area contributed by atoms with E-state index in [1.54, 1.807) is 12.3 Å². The first kappa shape index (κ1) is 14.0. The quantitative estimate of drug-likeness (QED) is 0.777. The smallest absolute Gasteiger partial charge is 0.273 e. The molecule has 0 saturated heterocycles. The number of nitrogens with one attached hydrogen (secondary N) is 2. The van der Waals surface area contributed by atoms with Gasteiger partial charge in [-0.1, -0.05) is 24.4 Å². The van der Waals surface area contributed by atoms with Crippen LogP contribution in [0.1, 0.15) is 42.6 Å². The first-order chi connectivity index (χ1) is 11.3. The second-order valence-corrected chi connectivity index (χ2v) is 6.06. The molecule has 2 aromatic heterocycles. The van der Waals surface area contributed by atoms with Crippen molar-refractivity contribution in [2.45, 2.75) is 38.1 Å². The van der Waals surface area contributed by atoms with Crippen molar-refractivity contribution in [3.8, 4) is 11.3 Å². The van der Waals surface area contributed by atoms with Crippen molar-refractivity contribution in [1.29, 1.82) is 0 Å². The van der Waals surface area contributed by atoms with Crippen LogP contribution < -0.4 is 5.32 Å². The Kier molecular flexibility index (Phi) is 3.57. The highest BCUT2D eigenvalue weighted by Crippen LogP contribution is 2.24. The van der Waals surface area contributed by atoms with Crippen LogP contribution in [0.15, 0.2) is 35.0 Å². The number of hydrogen-bond acceptors (Lipinski definition) is 4. The summed E-state index contributed by atoms with van der Waals surface area (Å²) < 4.78 is 5.35. The fraction of sp³-hybridized carbons (Fsp3) is 0.353. The van der Waals surface area contributed by atoms with E-state index in [0.29, 0.717) is 11.5 Å². The van der Waals surface area contributed by atoms with E-state index in [1.165, 1.54) is 19.3 Å². The van der Waals surface area contributed by atoms with Crippen LogP contribution in [0.2, 0.25) is 0 Å². The summed E-state index contributed by atoms with van der Waals surface area (Å²) in [5, 5.41) is 14.9. The molecule has 1 aliphatic rings. The molecule has 0 aliphatic heterocycles. The first-order valence-corrected chi connectivity index (χ1v) is 8.01. The van der Waals surface area contributed by atoms with Gasteiger partial charge in [0.1, 0.15) is 0 Å². The number of fused-ring (bicyclic) bond motifs is 1. The zero-order chi connectivity index (χ0) is 15.6. The molecular weight excluding hydrogens is 292 g/mol. The molecule has 6 heteroatoms. The maximum Gasteiger partial charge on any atom is 0.273 e. The van der Waals surface area contributed by atoms with Crippen molar-refractivity contribution >= 4 is 16.8 Å². The molecule has 6 nitrogen and oxygen atoms in total. The van der Waals surface area contributed by atoms with Gasteiger partial charge in [-0.3, -0.25) is 9.89 Å². The largest absolute Gasteiger partial charge is 0.355 e. The van der Waals surface area contributed by atoms with Gasteiger partial charge >= 0.3 is 0 Å². The molecule has 118 valence electrons. The molecule has 0 spiro atoms. The van der Waals surface area contributed by atoms with Crippen molar-refractivity contribution in [2.24, 2.45) is 0 Å². The molecule has 2 heterocycles. The Morgan fingerprint density at radius 2 is 2.09 bits per heavy atom. The summed E-state index contributed by atoms with van der Waals surface area (Å²) in [6.07, 6.45) is 7.48. The summed E-state index contributed by atoms with van der Waals surface area (Å²) in [7, 11) is 0. The van der Waals surface area contributed by atoms with E-state index < -0.39 is 0 Å². The number of hydrogen-bond donors (Lipinski definition) is 2. The van der Waals surface area contributed by atoms with Gasteiger partial charge < -0.3 is 9.84 Å². The summed E-state index contributed by atoms with van der Waals surface area (Å²) >= 11 is 0. The molecule has 1 amide bonds. The van der Waals surface area contributed by atoms with Gasteiger partial charge in [0, 0.05) is 23.1 Å². The van der Waals surface area contributed by atoms with E-state index in [9.17, 15) is 4.79 Å². The lowest BCUT2D eigenvalue weighted by molar-refractivity contribution is 0.0918. The normalized spacial score (nSPS) is 15.8. The van der Waals surface area contributed by atoms with Crippen LogP contribution in [0, 0.1) is 0 Å². The van der Waals surface area contributed by atoms with Crippen LogP contribution in [0.5, 0.6) is 0 Å². The van der Waals surface area contributed by atoms with Crippen LogP contribution in [0.25, 0.3) is 22.2 Å². The van der Waals surface area contributed by atoms with Crippen molar-refractivity contribution < 1.29 is 9.32 Å². The minimum absolute atomic E-state index is 0.156. The molecule has 23 heavy (non-hydrogen) atoms. The molecule has 0 radical (unpaired) electrons. The number of carbonyl (C=O) groups is 1. The molecule has 3 aromatic rings. The fourth-order valence-corrected chi connectivity index (χ4v) is 3.12.